The van der Waals surface area contributed by atoms with Gasteiger partial charge in [-0.1, -0.05) is 0 Å². The van der Waals surface area contributed by atoms with E-state index in [4.69, 9.17) is 9.84 Å². The third-order valence-corrected chi connectivity index (χ3v) is 3.48. The summed E-state index contributed by atoms with van der Waals surface area (Å²) in [6.07, 6.45) is 0. The van der Waals surface area contributed by atoms with Crippen molar-refractivity contribution >= 4 is 5.69 Å². The smallest absolute Gasteiger partial charge is 0.119 e. The van der Waals surface area contributed by atoms with E-state index in [1.807, 2.05) is 49.7 Å². The molecule has 21 heavy (non-hydrogen) atoms. The molecule has 0 amide bonds. The summed E-state index contributed by atoms with van der Waals surface area (Å²) in [6.45, 7) is 8.04. The van der Waals surface area contributed by atoms with E-state index in [0.717, 1.165) is 29.4 Å². The molecule has 1 aromatic heterocycles. The summed E-state index contributed by atoms with van der Waals surface area (Å²) in [5.41, 5.74) is 4.32. The lowest BCUT2D eigenvalue weighted by Crippen LogP contribution is -2.07. The van der Waals surface area contributed by atoms with E-state index in [1.54, 1.807) is 0 Å². The Bertz CT molecular complexity index is 576. The Labute approximate surface area is 125 Å². The zero-order valence-corrected chi connectivity index (χ0v) is 12.9. The van der Waals surface area contributed by atoms with Gasteiger partial charge >= 0.3 is 0 Å². The summed E-state index contributed by atoms with van der Waals surface area (Å²) in [6, 6.07) is 7.93. The Morgan fingerprint density at radius 3 is 2.57 bits per heavy atom. The number of aromatic nitrogens is 2. The summed E-state index contributed by atoms with van der Waals surface area (Å²) >= 11 is 0. The van der Waals surface area contributed by atoms with Gasteiger partial charge in [-0.05, 0) is 45.0 Å². The van der Waals surface area contributed by atoms with E-state index < -0.39 is 0 Å². The van der Waals surface area contributed by atoms with Crippen LogP contribution in [0, 0.1) is 13.8 Å². The highest BCUT2D eigenvalue weighted by molar-refractivity contribution is 5.47. The number of hydrogen-bond acceptors (Lipinski definition) is 4. The molecule has 1 aromatic carbocycles. The fraction of sp³-hybridized carbons (Fsp3) is 0.438. The zero-order valence-electron chi connectivity index (χ0n) is 12.9. The second-order valence-corrected chi connectivity index (χ2v) is 4.91. The molecule has 0 spiro atoms. The molecule has 0 saturated heterocycles. The van der Waals surface area contributed by atoms with E-state index in [-0.39, 0.29) is 6.61 Å². The fourth-order valence-corrected chi connectivity index (χ4v) is 2.33. The molecular weight excluding hydrogens is 266 g/mol. The SMILES string of the molecule is CCOc1ccc(NCc2c(C)nn(CCO)c2C)cc1. The minimum Gasteiger partial charge on any atom is -0.494 e. The first-order valence-electron chi connectivity index (χ1n) is 7.26. The van der Waals surface area contributed by atoms with E-state index in [2.05, 4.69) is 10.4 Å². The lowest BCUT2D eigenvalue weighted by Gasteiger charge is -2.09. The van der Waals surface area contributed by atoms with E-state index in [1.165, 1.54) is 5.56 Å². The van der Waals surface area contributed by atoms with Crippen molar-refractivity contribution in [3.8, 4) is 5.75 Å². The van der Waals surface area contributed by atoms with Gasteiger partial charge in [0.1, 0.15) is 5.75 Å². The molecule has 0 aliphatic heterocycles. The maximum absolute atomic E-state index is 9.03. The van der Waals surface area contributed by atoms with Gasteiger partial charge < -0.3 is 15.2 Å². The number of ether oxygens (including phenoxy) is 1. The molecule has 5 nitrogen and oxygen atoms in total. The van der Waals surface area contributed by atoms with Crippen LogP contribution in [0.1, 0.15) is 23.9 Å². The monoisotopic (exact) mass is 289 g/mol. The number of anilines is 1. The van der Waals surface area contributed by atoms with Gasteiger partial charge in [-0.15, -0.1) is 0 Å². The van der Waals surface area contributed by atoms with Crippen molar-refractivity contribution in [1.82, 2.24) is 9.78 Å². The van der Waals surface area contributed by atoms with Crippen molar-refractivity contribution in [2.75, 3.05) is 18.5 Å². The third kappa shape index (κ3) is 3.76. The molecular formula is C16H23N3O2. The molecule has 0 radical (unpaired) electrons. The van der Waals surface area contributed by atoms with E-state index in [0.29, 0.717) is 13.2 Å². The number of aliphatic hydroxyl groups is 1. The summed E-state index contributed by atoms with van der Waals surface area (Å²) in [4.78, 5) is 0. The van der Waals surface area contributed by atoms with E-state index >= 15 is 0 Å². The number of nitrogens with one attached hydrogen (secondary N) is 1. The molecule has 0 aliphatic carbocycles. The van der Waals surface area contributed by atoms with Crippen LogP contribution in [0.4, 0.5) is 5.69 Å². The van der Waals surface area contributed by atoms with Crippen LogP contribution in [-0.4, -0.2) is 28.1 Å². The molecule has 0 fully saturated rings. The molecule has 5 heteroatoms. The zero-order chi connectivity index (χ0) is 15.2. The molecule has 114 valence electrons. The van der Waals surface area contributed by atoms with Crippen LogP contribution in [0.15, 0.2) is 24.3 Å². The van der Waals surface area contributed by atoms with Crippen LogP contribution >= 0.6 is 0 Å². The second kappa shape index (κ2) is 7.13. The first-order chi connectivity index (χ1) is 10.2. The highest BCUT2D eigenvalue weighted by Gasteiger charge is 2.10. The van der Waals surface area contributed by atoms with Crippen LogP contribution in [0.25, 0.3) is 0 Å². The maximum Gasteiger partial charge on any atom is 0.119 e. The average Bonchev–Trinajstić information content (AvgIpc) is 2.74. The summed E-state index contributed by atoms with van der Waals surface area (Å²) in [5.74, 6) is 0.881. The van der Waals surface area contributed by atoms with Gasteiger partial charge in [0.25, 0.3) is 0 Å². The maximum atomic E-state index is 9.03. The van der Waals surface area contributed by atoms with Gasteiger partial charge in [0, 0.05) is 23.5 Å². The molecule has 2 N–H and O–H groups in total. The van der Waals surface area contributed by atoms with Gasteiger partial charge in [-0.3, -0.25) is 4.68 Å². The van der Waals surface area contributed by atoms with Crippen molar-refractivity contribution < 1.29 is 9.84 Å². The number of rotatable bonds is 7. The van der Waals surface area contributed by atoms with Gasteiger partial charge in [-0.25, -0.2) is 0 Å². The lowest BCUT2D eigenvalue weighted by molar-refractivity contribution is 0.268. The molecule has 2 aromatic rings. The van der Waals surface area contributed by atoms with Crippen molar-refractivity contribution in [2.24, 2.45) is 0 Å². The number of hydrogen-bond donors (Lipinski definition) is 2. The first-order valence-corrected chi connectivity index (χ1v) is 7.26. The van der Waals surface area contributed by atoms with Crippen molar-refractivity contribution in [2.45, 2.75) is 33.9 Å². The Balaban J connectivity index is 2.02. The standard InChI is InChI=1S/C16H23N3O2/c1-4-21-15-7-5-14(6-8-15)17-11-16-12(2)18-19(9-10-20)13(16)3/h5-8,17,20H,4,9-11H2,1-3H3. The van der Waals surface area contributed by atoms with Crippen molar-refractivity contribution in [1.29, 1.82) is 0 Å². The Morgan fingerprint density at radius 2 is 1.95 bits per heavy atom. The van der Waals surface area contributed by atoms with Crippen LogP contribution in [0.3, 0.4) is 0 Å². The van der Waals surface area contributed by atoms with Gasteiger partial charge in [-0.2, -0.15) is 5.10 Å². The minimum atomic E-state index is 0.105. The normalized spacial score (nSPS) is 10.7. The average molecular weight is 289 g/mol. The Morgan fingerprint density at radius 1 is 1.24 bits per heavy atom. The molecule has 0 saturated carbocycles. The number of nitrogens with zero attached hydrogens (tertiary/aromatic N) is 2. The van der Waals surface area contributed by atoms with Gasteiger partial charge in [0.15, 0.2) is 0 Å². The molecule has 0 unspecified atom stereocenters. The molecule has 0 atom stereocenters. The summed E-state index contributed by atoms with van der Waals surface area (Å²) in [7, 11) is 0. The third-order valence-electron chi connectivity index (χ3n) is 3.48. The van der Waals surface area contributed by atoms with Crippen LogP contribution < -0.4 is 10.1 Å². The molecule has 1 heterocycles. The quantitative estimate of drug-likeness (QED) is 0.822. The van der Waals surface area contributed by atoms with Crippen LogP contribution in [0.2, 0.25) is 0 Å². The number of benzene rings is 1. The highest BCUT2D eigenvalue weighted by Crippen LogP contribution is 2.18. The second-order valence-electron chi connectivity index (χ2n) is 4.91. The molecule has 2 rings (SSSR count). The Hall–Kier alpha value is -2.01. The van der Waals surface area contributed by atoms with Crippen LogP contribution in [0.5, 0.6) is 5.75 Å². The number of aliphatic hydroxyl groups excluding tert-OH is 1. The largest absolute Gasteiger partial charge is 0.494 e. The highest BCUT2D eigenvalue weighted by atomic mass is 16.5. The fourth-order valence-electron chi connectivity index (χ4n) is 2.33. The van der Waals surface area contributed by atoms with Gasteiger partial charge in [0.05, 0.1) is 25.5 Å². The van der Waals surface area contributed by atoms with Crippen molar-refractivity contribution in [3.63, 3.8) is 0 Å². The van der Waals surface area contributed by atoms with Crippen molar-refractivity contribution in [3.05, 3.63) is 41.2 Å². The van der Waals surface area contributed by atoms with Gasteiger partial charge in [0.2, 0.25) is 0 Å². The first kappa shape index (κ1) is 15.4. The summed E-state index contributed by atoms with van der Waals surface area (Å²) in [5, 5.41) is 16.9. The number of aryl methyl sites for hydroxylation is 1. The predicted molar refractivity (Wildman–Crippen MR) is 83.7 cm³/mol. The van der Waals surface area contributed by atoms with Crippen LogP contribution in [-0.2, 0) is 13.1 Å². The van der Waals surface area contributed by atoms with E-state index in [9.17, 15) is 0 Å². The molecule has 0 aliphatic rings. The predicted octanol–water partition coefficient (Wildman–Crippen LogP) is 2.50. The summed E-state index contributed by atoms with van der Waals surface area (Å²) < 4.78 is 7.28. The Kier molecular flexibility index (Phi) is 5.22. The minimum absolute atomic E-state index is 0.105. The topological polar surface area (TPSA) is 59.3 Å². The lowest BCUT2D eigenvalue weighted by atomic mass is 10.2. The molecule has 0 bridgehead atoms.